The van der Waals surface area contributed by atoms with E-state index in [9.17, 15) is 14.4 Å². The molecule has 2 rings (SSSR count). The molecule has 1 atom stereocenters. The maximum absolute atomic E-state index is 11.8. The molecule has 0 N–H and O–H groups in total. The highest BCUT2D eigenvalue weighted by Gasteiger charge is 2.37. The van der Waals surface area contributed by atoms with E-state index in [1.165, 1.54) is 4.90 Å². The van der Waals surface area contributed by atoms with Crippen molar-refractivity contribution in [3.8, 4) is 0 Å². The minimum atomic E-state index is -0.145. The number of hydrogen-bond donors (Lipinski definition) is 0. The highest BCUT2D eigenvalue weighted by molar-refractivity contribution is 6.03. The first-order valence-corrected chi connectivity index (χ1v) is 9.41. The van der Waals surface area contributed by atoms with Crippen molar-refractivity contribution in [3.63, 3.8) is 0 Å². The molecule has 2 fully saturated rings. The van der Waals surface area contributed by atoms with Gasteiger partial charge in [-0.15, -0.1) is 0 Å². The Morgan fingerprint density at radius 3 is 1.78 bits per heavy atom. The van der Waals surface area contributed by atoms with Crippen LogP contribution in [0.2, 0.25) is 0 Å². The van der Waals surface area contributed by atoms with E-state index >= 15 is 0 Å². The molecule has 1 saturated carbocycles. The Balaban J connectivity index is 0. The van der Waals surface area contributed by atoms with E-state index in [1.54, 1.807) is 0 Å². The van der Waals surface area contributed by atoms with Gasteiger partial charge >= 0.3 is 0 Å². The molecule has 0 radical (unpaired) electrons. The summed E-state index contributed by atoms with van der Waals surface area (Å²) >= 11 is 0. The Kier molecular flexibility index (Phi) is 15.1. The smallest absolute Gasteiger partial charge is 0.232 e. The van der Waals surface area contributed by atoms with Gasteiger partial charge in [-0.2, -0.15) is 0 Å². The Morgan fingerprint density at radius 2 is 1.43 bits per heavy atom. The van der Waals surface area contributed by atoms with E-state index < -0.39 is 0 Å². The molecule has 0 aromatic heterocycles. The predicted octanol–water partition coefficient (Wildman–Crippen LogP) is 4.47. The molecule has 0 aromatic rings. The first kappa shape index (κ1) is 24.1. The van der Waals surface area contributed by atoms with Crippen LogP contribution in [0.5, 0.6) is 0 Å². The minimum absolute atomic E-state index is 0.0208. The van der Waals surface area contributed by atoms with Gasteiger partial charge in [-0.3, -0.25) is 14.5 Å². The average Bonchev–Trinajstić information content (AvgIpc) is 2.87. The van der Waals surface area contributed by atoms with Gasteiger partial charge in [0.05, 0.1) is 0 Å². The number of nitrogens with zero attached hydrogens (tertiary/aromatic N) is 1. The summed E-state index contributed by atoms with van der Waals surface area (Å²) in [7, 11) is 0. The van der Waals surface area contributed by atoms with Crippen LogP contribution in [-0.4, -0.2) is 29.5 Å². The summed E-state index contributed by atoms with van der Waals surface area (Å²) in [6.07, 6.45) is 5.11. The quantitative estimate of drug-likeness (QED) is 0.568. The molecule has 23 heavy (non-hydrogen) atoms. The van der Waals surface area contributed by atoms with Crippen LogP contribution in [0, 0.1) is 17.8 Å². The third kappa shape index (κ3) is 7.76. The number of aldehydes is 1. The number of imide groups is 1. The number of hydrogen-bond acceptors (Lipinski definition) is 3. The molecule has 2 aliphatic rings. The van der Waals surface area contributed by atoms with Gasteiger partial charge in [-0.25, -0.2) is 0 Å². The lowest BCUT2D eigenvalue weighted by Gasteiger charge is -2.28. The number of carbonyl (C=O) groups excluding carboxylic acids is 3. The number of amides is 2. The number of carbonyl (C=O) groups is 3. The summed E-state index contributed by atoms with van der Waals surface area (Å²) < 4.78 is 0. The van der Waals surface area contributed by atoms with Crippen molar-refractivity contribution in [2.45, 2.75) is 80.6 Å². The first-order valence-electron chi connectivity index (χ1n) is 9.41. The zero-order valence-corrected chi connectivity index (χ0v) is 16.2. The molecule has 2 amide bonds. The molecular formula is C19H37NO3. The van der Waals surface area contributed by atoms with Crippen LogP contribution in [0.15, 0.2) is 0 Å². The molecule has 1 heterocycles. The van der Waals surface area contributed by atoms with Crippen molar-refractivity contribution < 1.29 is 14.4 Å². The maximum Gasteiger partial charge on any atom is 0.232 e. The Morgan fingerprint density at radius 1 is 0.957 bits per heavy atom. The van der Waals surface area contributed by atoms with Crippen molar-refractivity contribution in [1.29, 1.82) is 0 Å². The van der Waals surface area contributed by atoms with Crippen LogP contribution in [0.1, 0.15) is 80.6 Å². The van der Waals surface area contributed by atoms with Crippen molar-refractivity contribution in [3.05, 3.63) is 0 Å². The van der Waals surface area contributed by atoms with Gasteiger partial charge in [0.15, 0.2) is 0 Å². The van der Waals surface area contributed by atoms with Crippen LogP contribution in [0.4, 0.5) is 0 Å². The highest BCUT2D eigenvalue weighted by atomic mass is 16.2. The Hall–Kier alpha value is -1.19. The molecule has 4 heteroatoms. The lowest BCUT2D eigenvalue weighted by Crippen LogP contribution is -2.36. The predicted molar refractivity (Wildman–Crippen MR) is 96.1 cm³/mol. The van der Waals surface area contributed by atoms with Crippen molar-refractivity contribution in [1.82, 2.24) is 4.90 Å². The summed E-state index contributed by atoms with van der Waals surface area (Å²) in [6, 6.07) is 0. The maximum atomic E-state index is 11.8. The van der Waals surface area contributed by atoms with E-state index in [2.05, 4.69) is 0 Å². The summed E-state index contributed by atoms with van der Waals surface area (Å²) in [5.41, 5.74) is 0. The van der Waals surface area contributed by atoms with E-state index in [1.807, 2.05) is 48.5 Å². The highest BCUT2D eigenvalue weighted by Crippen LogP contribution is 2.30. The molecule has 0 spiro atoms. The average molecular weight is 328 g/mol. The normalized spacial score (nSPS) is 26.0. The molecule has 1 aliphatic heterocycles. The van der Waals surface area contributed by atoms with Crippen molar-refractivity contribution >= 4 is 18.1 Å². The van der Waals surface area contributed by atoms with Gasteiger partial charge in [0.25, 0.3) is 0 Å². The second-order valence-corrected chi connectivity index (χ2v) is 5.36. The van der Waals surface area contributed by atoms with Crippen LogP contribution in [0.3, 0.4) is 0 Å². The molecule has 136 valence electrons. The third-order valence-corrected chi connectivity index (χ3v) is 3.99. The van der Waals surface area contributed by atoms with Crippen LogP contribution in [-0.2, 0) is 14.4 Å². The van der Waals surface area contributed by atoms with Crippen molar-refractivity contribution in [2.75, 3.05) is 6.54 Å². The zero-order valence-electron chi connectivity index (χ0n) is 16.2. The van der Waals surface area contributed by atoms with E-state index in [4.69, 9.17) is 0 Å². The first-order chi connectivity index (χ1) is 11.1. The lowest BCUT2D eigenvalue weighted by molar-refractivity contribution is -0.140. The largest absolute Gasteiger partial charge is 0.303 e. The monoisotopic (exact) mass is 327 g/mol. The molecule has 1 unspecified atom stereocenters. The van der Waals surface area contributed by atoms with Gasteiger partial charge in [-0.1, -0.05) is 48.5 Å². The van der Waals surface area contributed by atoms with Crippen LogP contribution in [0.25, 0.3) is 0 Å². The fourth-order valence-electron chi connectivity index (χ4n) is 2.81. The summed E-state index contributed by atoms with van der Waals surface area (Å²) in [5.74, 6) is 0.390. The second kappa shape index (κ2) is 14.4. The summed E-state index contributed by atoms with van der Waals surface area (Å²) in [4.78, 5) is 35.5. The number of rotatable bonds is 3. The fraction of sp³-hybridized carbons (Fsp3) is 0.842. The number of likely N-dealkylation sites (tertiary alicyclic amines) is 1. The van der Waals surface area contributed by atoms with Gasteiger partial charge in [0, 0.05) is 24.8 Å². The molecular weight excluding hydrogens is 290 g/mol. The topological polar surface area (TPSA) is 54.5 Å². The van der Waals surface area contributed by atoms with Gasteiger partial charge < -0.3 is 4.79 Å². The summed E-state index contributed by atoms with van der Waals surface area (Å²) in [6.45, 7) is 14.4. The van der Waals surface area contributed by atoms with E-state index in [-0.39, 0.29) is 23.7 Å². The Labute approximate surface area is 143 Å². The lowest BCUT2D eigenvalue weighted by atomic mass is 9.82. The van der Waals surface area contributed by atoms with Gasteiger partial charge in [0.2, 0.25) is 11.8 Å². The third-order valence-electron chi connectivity index (χ3n) is 3.99. The zero-order chi connectivity index (χ0) is 18.4. The molecule has 0 aromatic carbocycles. The second-order valence-electron chi connectivity index (χ2n) is 5.36. The molecule has 1 saturated heterocycles. The molecule has 0 bridgehead atoms. The fourth-order valence-corrected chi connectivity index (χ4v) is 2.81. The van der Waals surface area contributed by atoms with Gasteiger partial charge in [-0.05, 0) is 31.6 Å². The van der Waals surface area contributed by atoms with Crippen molar-refractivity contribution in [2.24, 2.45) is 17.8 Å². The molecule has 1 aliphatic carbocycles. The van der Waals surface area contributed by atoms with Crippen LogP contribution >= 0.6 is 0 Å². The van der Waals surface area contributed by atoms with E-state index in [0.717, 1.165) is 32.0 Å². The minimum Gasteiger partial charge on any atom is -0.303 e. The van der Waals surface area contributed by atoms with Gasteiger partial charge in [0.1, 0.15) is 6.29 Å². The SMILES string of the molecule is CC.CC.CC.CC1CC(=O)N(CC2CCC(C=O)CC2)C1=O. The standard InChI is InChI=1S/C13H19NO3.3C2H6/c1-9-6-12(16)14(13(9)17)7-10-2-4-11(8-15)5-3-10;3*1-2/h8-11H,2-7H2,1H3;3*1-2H3. The van der Waals surface area contributed by atoms with E-state index in [0.29, 0.717) is 18.9 Å². The molecule has 4 nitrogen and oxygen atoms in total. The Bertz CT molecular complexity index is 334. The van der Waals surface area contributed by atoms with Crippen LogP contribution < -0.4 is 0 Å². The summed E-state index contributed by atoms with van der Waals surface area (Å²) in [5, 5.41) is 0.